The van der Waals surface area contributed by atoms with Crippen molar-refractivity contribution in [3.63, 3.8) is 0 Å². The van der Waals surface area contributed by atoms with E-state index in [2.05, 4.69) is 5.32 Å². The number of dihydropyridines is 1. The lowest BCUT2D eigenvalue weighted by atomic mass is 9.75. The molecule has 0 aromatic heterocycles. The first-order valence-electron chi connectivity index (χ1n) is 10.7. The number of rotatable bonds is 6. The van der Waals surface area contributed by atoms with Gasteiger partial charge in [0.2, 0.25) is 0 Å². The zero-order valence-corrected chi connectivity index (χ0v) is 17.9. The van der Waals surface area contributed by atoms with Crippen LogP contribution in [0.3, 0.4) is 0 Å². The average Bonchev–Trinajstić information content (AvgIpc) is 2.79. The molecule has 1 heterocycles. The first-order chi connectivity index (χ1) is 15.1. The van der Waals surface area contributed by atoms with Crippen molar-refractivity contribution in [1.29, 1.82) is 0 Å². The van der Waals surface area contributed by atoms with Crippen molar-refractivity contribution in [3.05, 3.63) is 88.3 Å². The van der Waals surface area contributed by atoms with Gasteiger partial charge < -0.3 is 14.8 Å². The number of hydrogen-bond acceptors (Lipinski definition) is 5. The van der Waals surface area contributed by atoms with Crippen molar-refractivity contribution in [1.82, 2.24) is 5.32 Å². The van der Waals surface area contributed by atoms with Gasteiger partial charge >= 0.3 is 5.97 Å². The summed E-state index contributed by atoms with van der Waals surface area (Å²) in [6.07, 6.45) is 2.78. The molecule has 31 heavy (non-hydrogen) atoms. The second-order valence-electron chi connectivity index (χ2n) is 7.91. The lowest BCUT2D eigenvalue weighted by Crippen LogP contribution is -2.34. The molecule has 0 spiro atoms. The Morgan fingerprint density at radius 2 is 1.81 bits per heavy atom. The summed E-state index contributed by atoms with van der Waals surface area (Å²) in [5.41, 5.74) is 4.87. The van der Waals surface area contributed by atoms with Crippen molar-refractivity contribution >= 4 is 11.8 Å². The lowest BCUT2D eigenvalue weighted by Gasteiger charge is -2.34. The Balaban J connectivity index is 1.63. The SMILES string of the molecule is COc1ccc(C2C(C(=O)OCCc3ccccc3)=C(C)NC3=C2C(=O)CCC3)cc1. The molecular formula is C26H27NO4. The van der Waals surface area contributed by atoms with Crippen molar-refractivity contribution in [2.24, 2.45) is 0 Å². The van der Waals surface area contributed by atoms with Gasteiger partial charge in [0.05, 0.1) is 19.3 Å². The Morgan fingerprint density at radius 1 is 1.06 bits per heavy atom. The molecule has 1 aliphatic heterocycles. The highest BCUT2D eigenvalue weighted by Crippen LogP contribution is 2.42. The summed E-state index contributed by atoms with van der Waals surface area (Å²) >= 11 is 0. The molecule has 0 bridgehead atoms. The summed E-state index contributed by atoms with van der Waals surface area (Å²) in [7, 11) is 1.62. The highest BCUT2D eigenvalue weighted by atomic mass is 16.5. The molecule has 2 aliphatic rings. The Labute approximate surface area is 182 Å². The van der Waals surface area contributed by atoms with E-state index in [1.807, 2.05) is 61.5 Å². The normalized spacial score (nSPS) is 18.4. The Morgan fingerprint density at radius 3 is 2.52 bits per heavy atom. The van der Waals surface area contributed by atoms with Gasteiger partial charge in [-0.25, -0.2) is 4.79 Å². The third kappa shape index (κ3) is 4.41. The van der Waals surface area contributed by atoms with E-state index in [1.165, 1.54) is 0 Å². The molecule has 2 aromatic carbocycles. The fourth-order valence-electron chi connectivity index (χ4n) is 4.37. The smallest absolute Gasteiger partial charge is 0.336 e. The topological polar surface area (TPSA) is 64.6 Å². The predicted molar refractivity (Wildman–Crippen MR) is 119 cm³/mol. The van der Waals surface area contributed by atoms with E-state index < -0.39 is 5.92 Å². The van der Waals surface area contributed by atoms with Crippen LogP contribution in [0.4, 0.5) is 0 Å². The first-order valence-corrected chi connectivity index (χ1v) is 10.7. The van der Waals surface area contributed by atoms with Crippen molar-refractivity contribution in [3.8, 4) is 5.75 Å². The predicted octanol–water partition coefficient (Wildman–Crippen LogP) is 4.45. The number of hydrogen-bond donors (Lipinski definition) is 1. The van der Waals surface area contributed by atoms with Crippen molar-refractivity contribution in [2.45, 2.75) is 38.5 Å². The molecule has 0 saturated heterocycles. The molecule has 1 aliphatic carbocycles. The van der Waals surface area contributed by atoms with Gasteiger partial charge in [-0.15, -0.1) is 0 Å². The number of benzene rings is 2. The van der Waals surface area contributed by atoms with E-state index in [4.69, 9.17) is 9.47 Å². The summed E-state index contributed by atoms with van der Waals surface area (Å²) in [4.78, 5) is 26.1. The molecule has 5 heteroatoms. The minimum Gasteiger partial charge on any atom is -0.497 e. The molecule has 1 N–H and O–H groups in total. The van der Waals surface area contributed by atoms with Crippen LogP contribution >= 0.6 is 0 Å². The van der Waals surface area contributed by atoms with Gasteiger partial charge in [0.25, 0.3) is 0 Å². The monoisotopic (exact) mass is 417 g/mol. The Kier molecular flexibility index (Phi) is 6.21. The number of ether oxygens (including phenoxy) is 2. The number of allylic oxidation sites excluding steroid dienone is 3. The van der Waals surface area contributed by atoms with E-state index in [9.17, 15) is 9.59 Å². The number of Topliss-reactive ketones (excluding diaryl/α,β-unsaturated/α-hetero) is 1. The Hall–Kier alpha value is -3.34. The minimum absolute atomic E-state index is 0.0941. The van der Waals surface area contributed by atoms with Gasteiger partial charge in [-0.2, -0.15) is 0 Å². The molecule has 2 aromatic rings. The van der Waals surface area contributed by atoms with Gasteiger partial charge in [0.15, 0.2) is 5.78 Å². The van der Waals surface area contributed by atoms with Crippen LogP contribution in [0.1, 0.15) is 43.2 Å². The zero-order chi connectivity index (χ0) is 21.8. The Bertz CT molecular complexity index is 1030. The molecule has 160 valence electrons. The largest absolute Gasteiger partial charge is 0.497 e. The number of methoxy groups -OCH3 is 1. The van der Waals surface area contributed by atoms with Crippen LogP contribution in [0.2, 0.25) is 0 Å². The second-order valence-corrected chi connectivity index (χ2v) is 7.91. The summed E-state index contributed by atoms with van der Waals surface area (Å²) in [5.74, 6) is 0.0112. The van der Waals surface area contributed by atoms with E-state index in [1.54, 1.807) is 7.11 Å². The number of ketones is 1. The highest BCUT2D eigenvalue weighted by Gasteiger charge is 2.39. The number of nitrogens with one attached hydrogen (secondary N) is 1. The molecule has 5 nitrogen and oxygen atoms in total. The maximum Gasteiger partial charge on any atom is 0.336 e. The maximum absolute atomic E-state index is 13.2. The van der Waals surface area contributed by atoms with Gasteiger partial charge in [-0.1, -0.05) is 42.5 Å². The molecule has 0 amide bonds. The van der Waals surface area contributed by atoms with Crippen LogP contribution in [0.5, 0.6) is 5.75 Å². The minimum atomic E-state index is -0.431. The van der Waals surface area contributed by atoms with E-state index >= 15 is 0 Å². The van der Waals surface area contributed by atoms with Gasteiger partial charge in [0.1, 0.15) is 5.75 Å². The molecule has 4 rings (SSSR count). The van der Waals surface area contributed by atoms with E-state index in [0.29, 0.717) is 24.0 Å². The van der Waals surface area contributed by atoms with Crippen molar-refractivity contribution in [2.75, 3.05) is 13.7 Å². The van der Waals surface area contributed by atoms with E-state index in [-0.39, 0.29) is 18.4 Å². The van der Waals surface area contributed by atoms with Crippen LogP contribution < -0.4 is 10.1 Å². The molecular weight excluding hydrogens is 390 g/mol. The average molecular weight is 418 g/mol. The van der Waals surface area contributed by atoms with Gasteiger partial charge in [-0.05, 0) is 43.0 Å². The quantitative estimate of drug-likeness (QED) is 0.704. The van der Waals surface area contributed by atoms with E-state index in [0.717, 1.165) is 41.1 Å². The van der Waals surface area contributed by atoms with Gasteiger partial charge in [-0.3, -0.25) is 4.79 Å². The van der Waals surface area contributed by atoms with Crippen LogP contribution in [0, 0.1) is 0 Å². The summed E-state index contributed by atoms with van der Waals surface area (Å²) in [5, 5.41) is 3.32. The van der Waals surface area contributed by atoms with Crippen LogP contribution in [-0.4, -0.2) is 25.5 Å². The fraction of sp³-hybridized carbons (Fsp3) is 0.308. The highest BCUT2D eigenvalue weighted by molar-refractivity contribution is 6.03. The molecule has 0 saturated carbocycles. The van der Waals surface area contributed by atoms with Crippen LogP contribution in [0.25, 0.3) is 0 Å². The van der Waals surface area contributed by atoms with Crippen LogP contribution in [0.15, 0.2) is 77.1 Å². The zero-order valence-electron chi connectivity index (χ0n) is 17.9. The molecule has 1 atom stereocenters. The standard InChI is InChI=1S/C26H27NO4/c1-17-23(26(29)31-16-15-18-7-4-3-5-8-18)24(19-11-13-20(30-2)14-12-19)25-21(27-17)9-6-10-22(25)28/h3-5,7-8,11-14,24,27H,6,9-10,15-16H2,1-2H3. The number of carbonyl (C=O) groups is 2. The van der Waals surface area contributed by atoms with Gasteiger partial charge in [0, 0.05) is 35.7 Å². The summed E-state index contributed by atoms with van der Waals surface area (Å²) in [6.45, 7) is 2.17. The first kappa shape index (κ1) is 20.9. The lowest BCUT2D eigenvalue weighted by molar-refractivity contribution is -0.139. The third-order valence-electron chi connectivity index (χ3n) is 5.91. The summed E-state index contributed by atoms with van der Waals surface area (Å²) < 4.78 is 11.0. The number of carbonyl (C=O) groups excluding carboxylic acids is 2. The van der Waals surface area contributed by atoms with Crippen molar-refractivity contribution < 1.29 is 19.1 Å². The molecule has 1 unspecified atom stereocenters. The number of esters is 1. The molecule has 0 radical (unpaired) electrons. The second kappa shape index (κ2) is 9.21. The molecule has 0 fully saturated rings. The van der Waals surface area contributed by atoms with Crippen LogP contribution in [-0.2, 0) is 20.7 Å². The summed E-state index contributed by atoms with van der Waals surface area (Å²) in [6, 6.07) is 17.5. The fourth-order valence-corrected chi connectivity index (χ4v) is 4.37. The maximum atomic E-state index is 13.2. The third-order valence-corrected chi connectivity index (χ3v) is 5.91.